The number of anilines is 2. The molecule has 0 aliphatic heterocycles. The van der Waals surface area contributed by atoms with E-state index in [1.165, 1.54) is 23.1 Å². The number of aliphatic carboxylic acids is 1. The first-order valence-electron chi connectivity index (χ1n) is 11.9. The van der Waals surface area contributed by atoms with Gasteiger partial charge < -0.3 is 15.7 Å². The second-order valence-electron chi connectivity index (χ2n) is 8.68. The second kappa shape index (κ2) is 12.8. The highest BCUT2D eigenvalue weighted by Crippen LogP contribution is 2.33. The van der Waals surface area contributed by atoms with Crippen molar-refractivity contribution in [3.05, 3.63) is 70.0 Å². The first-order valence-corrected chi connectivity index (χ1v) is 14.4. The lowest BCUT2D eigenvalue weighted by Gasteiger charge is -2.24. The summed E-state index contributed by atoms with van der Waals surface area (Å²) >= 11 is 14.8. The first-order chi connectivity index (χ1) is 18.2. The second-order valence-corrected chi connectivity index (χ2v) is 11.6. The highest BCUT2D eigenvalue weighted by molar-refractivity contribution is 8.00. The Balaban J connectivity index is 1.39. The number of thioether (sulfide) groups is 1. The van der Waals surface area contributed by atoms with E-state index in [0.717, 1.165) is 10.5 Å². The third-order valence-electron chi connectivity index (χ3n) is 6.08. The third kappa shape index (κ3) is 6.96. The van der Waals surface area contributed by atoms with Crippen LogP contribution in [0.15, 0.2) is 64.9 Å². The standard InChI is InChI=1S/C27H25Cl2N3O4S2/c1-2-23(25(34)32-27-31-22(14-37-27)15-10-11-20(28)21(29)12-15)38-17-7-5-6-16(13-17)30-24(33)18-8-3-4-9-19(18)26(35)36/h3-7,10-14,18-19,23H,2,8-9H2,1H3,(H,30,33)(H,35,36)(H,31,32,34). The van der Waals surface area contributed by atoms with E-state index in [0.29, 0.717) is 45.8 Å². The van der Waals surface area contributed by atoms with Crippen molar-refractivity contribution in [3.8, 4) is 11.3 Å². The molecule has 3 atom stereocenters. The number of benzene rings is 2. The Hall–Kier alpha value is -2.85. The van der Waals surface area contributed by atoms with Gasteiger partial charge in [-0.05, 0) is 49.6 Å². The summed E-state index contributed by atoms with van der Waals surface area (Å²) in [6.07, 6.45) is 4.95. The average molecular weight is 591 g/mol. The van der Waals surface area contributed by atoms with Crippen LogP contribution in [0.4, 0.5) is 10.8 Å². The van der Waals surface area contributed by atoms with Gasteiger partial charge >= 0.3 is 5.97 Å². The largest absolute Gasteiger partial charge is 0.481 e. The van der Waals surface area contributed by atoms with Gasteiger partial charge in [0.25, 0.3) is 0 Å². The van der Waals surface area contributed by atoms with E-state index >= 15 is 0 Å². The lowest BCUT2D eigenvalue weighted by molar-refractivity contribution is -0.146. The van der Waals surface area contributed by atoms with E-state index in [9.17, 15) is 19.5 Å². The number of rotatable bonds is 9. The maximum absolute atomic E-state index is 13.0. The van der Waals surface area contributed by atoms with Crippen molar-refractivity contribution in [1.29, 1.82) is 0 Å². The van der Waals surface area contributed by atoms with Crippen LogP contribution in [-0.2, 0) is 14.4 Å². The number of carboxylic acid groups (broad SMARTS) is 1. The Kier molecular flexibility index (Phi) is 9.49. The summed E-state index contributed by atoms with van der Waals surface area (Å²) in [5, 5.41) is 18.0. The third-order valence-corrected chi connectivity index (χ3v) is 8.93. The van der Waals surface area contributed by atoms with Crippen molar-refractivity contribution in [2.24, 2.45) is 11.8 Å². The zero-order valence-electron chi connectivity index (χ0n) is 20.3. The van der Waals surface area contributed by atoms with Gasteiger partial charge in [0.05, 0.1) is 32.8 Å². The molecular formula is C27H25Cl2N3O4S2. The molecule has 1 aliphatic rings. The zero-order valence-corrected chi connectivity index (χ0v) is 23.5. The van der Waals surface area contributed by atoms with Crippen molar-refractivity contribution in [2.45, 2.75) is 36.3 Å². The van der Waals surface area contributed by atoms with E-state index in [1.807, 2.05) is 30.5 Å². The van der Waals surface area contributed by atoms with Gasteiger partial charge in [-0.1, -0.05) is 54.4 Å². The minimum Gasteiger partial charge on any atom is -0.481 e. The molecule has 2 aromatic carbocycles. The summed E-state index contributed by atoms with van der Waals surface area (Å²) in [6, 6.07) is 12.4. The minimum atomic E-state index is -0.972. The smallest absolute Gasteiger partial charge is 0.307 e. The summed E-state index contributed by atoms with van der Waals surface area (Å²) in [5.74, 6) is -2.85. The van der Waals surface area contributed by atoms with Crippen LogP contribution in [-0.4, -0.2) is 33.1 Å². The topological polar surface area (TPSA) is 108 Å². The number of halogens is 2. The van der Waals surface area contributed by atoms with Crippen LogP contribution >= 0.6 is 46.3 Å². The molecule has 38 heavy (non-hydrogen) atoms. The maximum Gasteiger partial charge on any atom is 0.307 e. The number of amides is 2. The Labute approximate surface area is 238 Å². The molecule has 0 bridgehead atoms. The summed E-state index contributed by atoms with van der Waals surface area (Å²) in [5.41, 5.74) is 2.04. The fraction of sp³-hybridized carbons (Fsp3) is 0.259. The molecule has 0 radical (unpaired) electrons. The van der Waals surface area contributed by atoms with Crippen molar-refractivity contribution >= 4 is 74.9 Å². The number of hydrogen-bond donors (Lipinski definition) is 3. The van der Waals surface area contributed by atoms with E-state index in [2.05, 4.69) is 15.6 Å². The number of nitrogens with zero attached hydrogens (tertiary/aromatic N) is 1. The van der Waals surface area contributed by atoms with E-state index < -0.39 is 23.1 Å². The molecule has 3 N–H and O–H groups in total. The molecule has 2 amide bonds. The fourth-order valence-corrected chi connectivity index (χ4v) is 6.08. The average Bonchev–Trinajstić information content (AvgIpc) is 3.37. The number of nitrogens with one attached hydrogen (secondary N) is 2. The summed E-state index contributed by atoms with van der Waals surface area (Å²) in [4.78, 5) is 42.7. The Morgan fingerprint density at radius 1 is 1.08 bits per heavy atom. The first kappa shape index (κ1) is 28.2. The molecule has 198 valence electrons. The van der Waals surface area contributed by atoms with Gasteiger partial charge in [0, 0.05) is 21.5 Å². The van der Waals surface area contributed by atoms with E-state index in [-0.39, 0.29) is 11.8 Å². The summed E-state index contributed by atoms with van der Waals surface area (Å²) in [7, 11) is 0. The number of carbonyl (C=O) groups excluding carboxylic acids is 2. The van der Waals surface area contributed by atoms with Crippen molar-refractivity contribution < 1.29 is 19.5 Å². The number of carboxylic acids is 1. The Bertz CT molecular complexity index is 1380. The lowest BCUT2D eigenvalue weighted by Crippen LogP contribution is -2.34. The molecule has 0 spiro atoms. The van der Waals surface area contributed by atoms with Gasteiger partial charge in [0.15, 0.2) is 5.13 Å². The van der Waals surface area contributed by atoms with Gasteiger partial charge in [-0.25, -0.2) is 4.98 Å². The van der Waals surface area contributed by atoms with Crippen LogP contribution in [0.5, 0.6) is 0 Å². The summed E-state index contributed by atoms with van der Waals surface area (Å²) < 4.78 is 0. The predicted molar refractivity (Wildman–Crippen MR) is 154 cm³/mol. The predicted octanol–water partition coefficient (Wildman–Crippen LogP) is 7.23. The van der Waals surface area contributed by atoms with E-state index in [4.69, 9.17) is 23.2 Å². The molecule has 0 fully saturated rings. The number of thiazole rings is 1. The monoisotopic (exact) mass is 589 g/mol. The van der Waals surface area contributed by atoms with Crippen molar-refractivity contribution in [3.63, 3.8) is 0 Å². The SMILES string of the molecule is CCC(Sc1cccc(NC(=O)C2CC=CCC2C(=O)O)c1)C(=O)Nc1nc(-c2ccc(Cl)c(Cl)c2)cs1. The molecule has 3 aromatic rings. The molecule has 1 aromatic heterocycles. The van der Waals surface area contributed by atoms with Crippen LogP contribution < -0.4 is 10.6 Å². The zero-order chi connectivity index (χ0) is 27.2. The van der Waals surface area contributed by atoms with Crippen molar-refractivity contribution in [2.75, 3.05) is 10.6 Å². The van der Waals surface area contributed by atoms with Crippen molar-refractivity contribution in [1.82, 2.24) is 4.98 Å². The highest BCUT2D eigenvalue weighted by Gasteiger charge is 2.34. The number of allylic oxidation sites excluding steroid dienone is 2. The van der Waals surface area contributed by atoms with Crippen LogP contribution in [0.2, 0.25) is 10.0 Å². The normalized spacial score (nSPS) is 17.6. The van der Waals surface area contributed by atoms with Gasteiger partial charge in [0.2, 0.25) is 11.8 Å². The van der Waals surface area contributed by atoms with Crippen LogP contribution in [0, 0.1) is 11.8 Å². The Morgan fingerprint density at radius 2 is 1.84 bits per heavy atom. The molecule has 4 rings (SSSR count). The molecule has 1 heterocycles. The maximum atomic E-state index is 13.0. The van der Waals surface area contributed by atoms with Gasteiger partial charge in [0.1, 0.15) is 0 Å². The van der Waals surface area contributed by atoms with E-state index in [1.54, 1.807) is 36.4 Å². The molecule has 0 saturated heterocycles. The molecule has 0 saturated carbocycles. The van der Waals surface area contributed by atoms with Gasteiger partial charge in [-0.2, -0.15) is 0 Å². The Morgan fingerprint density at radius 3 is 2.55 bits per heavy atom. The molecule has 1 aliphatic carbocycles. The quantitative estimate of drug-likeness (QED) is 0.179. The van der Waals surface area contributed by atoms with Crippen LogP contribution in [0.25, 0.3) is 11.3 Å². The highest BCUT2D eigenvalue weighted by atomic mass is 35.5. The number of hydrogen-bond acceptors (Lipinski definition) is 6. The van der Waals surface area contributed by atoms with Crippen LogP contribution in [0.1, 0.15) is 26.2 Å². The lowest BCUT2D eigenvalue weighted by atomic mass is 9.82. The van der Waals surface area contributed by atoms with Crippen LogP contribution in [0.3, 0.4) is 0 Å². The molecule has 11 heteroatoms. The molecular weight excluding hydrogens is 565 g/mol. The molecule has 7 nitrogen and oxygen atoms in total. The minimum absolute atomic E-state index is 0.180. The molecule has 3 unspecified atom stereocenters. The van der Waals surface area contributed by atoms with Gasteiger partial charge in [-0.3, -0.25) is 14.4 Å². The summed E-state index contributed by atoms with van der Waals surface area (Å²) in [6.45, 7) is 1.93. The number of carbonyl (C=O) groups is 3. The van der Waals surface area contributed by atoms with Gasteiger partial charge in [-0.15, -0.1) is 23.1 Å². The fourth-order valence-electron chi connectivity index (χ4n) is 4.05. The number of aromatic nitrogens is 1.